The molecule has 1 aliphatic carbocycles. The SMILES string of the molecule is COc1ccc(OC)c2c1CC1OC1C2. The lowest BCUT2D eigenvalue weighted by Gasteiger charge is -2.18. The van der Waals surface area contributed by atoms with E-state index in [0.717, 1.165) is 24.3 Å². The highest BCUT2D eigenvalue weighted by Crippen LogP contribution is 2.43. The number of hydrogen-bond acceptors (Lipinski definition) is 3. The zero-order valence-electron chi connectivity index (χ0n) is 8.95. The molecule has 3 nitrogen and oxygen atoms in total. The molecule has 1 aromatic rings. The summed E-state index contributed by atoms with van der Waals surface area (Å²) in [7, 11) is 3.42. The van der Waals surface area contributed by atoms with Gasteiger partial charge in [-0.25, -0.2) is 0 Å². The van der Waals surface area contributed by atoms with Crippen LogP contribution in [0.4, 0.5) is 0 Å². The summed E-state index contributed by atoms with van der Waals surface area (Å²) in [6.07, 6.45) is 2.75. The van der Waals surface area contributed by atoms with Crippen LogP contribution in [0.3, 0.4) is 0 Å². The number of epoxide rings is 1. The highest BCUT2D eigenvalue weighted by molar-refractivity contribution is 5.51. The molecule has 1 aromatic carbocycles. The van der Waals surface area contributed by atoms with Gasteiger partial charge in [0.2, 0.25) is 0 Å². The van der Waals surface area contributed by atoms with Gasteiger partial charge in [0.1, 0.15) is 11.5 Å². The van der Waals surface area contributed by atoms with Gasteiger partial charge in [-0.05, 0) is 12.1 Å². The van der Waals surface area contributed by atoms with E-state index in [-0.39, 0.29) is 0 Å². The van der Waals surface area contributed by atoms with Crippen molar-refractivity contribution in [3.05, 3.63) is 23.3 Å². The van der Waals surface area contributed by atoms with Crippen molar-refractivity contribution in [2.75, 3.05) is 14.2 Å². The molecule has 80 valence electrons. The van der Waals surface area contributed by atoms with Crippen LogP contribution in [0.25, 0.3) is 0 Å². The quantitative estimate of drug-likeness (QED) is 0.688. The lowest BCUT2D eigenvalue weighted by Crippen LogP contribution is -2.14. The van der Waals surface area contributed by atoms with Gasteiger partial charge in [0.05, 0.1) is 26.4 Å². The van der Waals surface area contributed by atoms with E-state index >= 15 is 0 Å². The molecule has 2 unspecified atom stereocenters. The monoisotopic (exact) mass is 206 g/mol. The first-order valence-corrected chi connectivity index (χ1v) is 5.21. The van der Waals surface area contributed by atoms with E-state index in [1.807, 2.05) is 12.1 Å². The Balaban J connectivity index is 2.10. The highest BCUT2D eigenvalue weighted by Gasteiger charge is 2.44. The normalized spacial score (nSPS) is 26.5. The molecule has 1 aliphatic heterocycles. The van der Waals surface area contributed by atoms with Crippen molar-refractivity contribution in [3.63, 3.8) is 0 Å². The van der Waals surface area contributed by atoms with E-state index in [4.69, 9.17) is 14.2 Å². The molecule has 2 aliphatic rings. The van der Waals surface area contributed by atoms with Crippen molar-refractivity contribution in [1.29, 1.82) is 0 Å². The molecule has 3 rings (SSSR count). The van der Waals surface area contributed by atoms with Crippen molar-refractivity contribution in [2.24, 2.45) is 0 Å². The molecule has 0 spiro atoms. The van der Waals surface area contributed by atoms with Gasteiger partial charge in [-0.15, -0.1) is 0 Å². The fourth-order valence-corrected chi connectivity index (χ4v) is 2.42. The summed E-state index contributed by atoms with van der Waals surface area (Å²) in [5, 5.41) is 0. The Bertz CT molecular complexity index is 363. The number of fused-ring (bicyclic) bond motifs is 2. The second kappa shape index (κ2) is 3.14. The largest absolute Gasteiger partial charge is 0.496 e. The van der Waals surface area contributed by atoms with Crippen LogP contribution in [0, 0.1) is 0 Å². The van der Waals surface area contributed by atoms with Crippen LogP contribution >= 0.6 is 0 Å². The minimum atomic E-state index is 0.415. The van der Waals surface area contributed by atoms with Crippen LogP contribution in [0.5, 0.6) is 11.5 Å². The van der Waals surface area contributed by atoms with Gasteiger partial charge < -0.3 is 14.2 Å². The van der Waals surface area contributed by atoms with Crippen LogP contribution < -0.4 is 9.47 Å². The Morgan fingerprint density at radius 3 is 1.87 bits per heavy atom. The van der Waals surface area contributed by atoms with Crippen LogP contribution in [0.2, 0.25) is 0 Å². The average Bonchev–Trinajstić information content (AvgIpc) is 3.02. The second-order valence-electron chi connectivity index (χ2n) is 4.05. The van der Waals surface area contributed by atoms with Gasteiger partial charge in [0.25, 0.3) is 0 Å². The van der Waals surface area contributed by atoms with Crippen molar-refractivity contribution in [1.82, 2.24) is 0 Å². The van der Waals surface area contributed by atoms with Gasteiger partial charge in [0.15, 0.2) is 0 Å². The molecular weight excluding hydrogens is 192 g/mol. The maximum Gasteiger partial charge on any atom is 0.122 e. The molecule has 0 aromatic heterocycles. The second-order valence-corrected chi connectivity index (χ2v) is 4.05. The Hall–Kier alpha value is -1.22. The molecule has 0 radical (unpaired) electrons. The van der Waals surface area contributed by atoms with E-state index in [1.165, 1.54) is 11.1 Å². The number of rotatable bonds is 2. The van der Waals surface area contributed by atoms with Gasteiger partial charge in [-0.2, -0.15) is 0 Å². The van der Waals surface area contributed by atoms with Crippen molar-refractivity contribution < 1.29 is 14.2 Å². The number of methoxy groups -OCH3 is 2. The fraction of sp³-hybridized carbons (Fsp3) is 0.500. The van der Waals surface area contributed by atoms with Crippen molar-refractivity contribution in [3.8, 4) is 11.5 Å². The van der Waals surface area contributed by atoms with E-state index in [1.54, 1.807) is 14.2 Å². The lowest BCUT2D eigenvalue weighted by atomic mass is 9.90. The maximum atomic E-state index is 5.55. The van der Waals surface area contributed by atoms with Gasteiger partial charge in [-0.3, -0.25) is 0 Å². The molecule has 3 heteroatoms. The zero-order chi connectivity index (χ0) is 10.4. The van der Waals surface area contributed by atoms with Crippen LogP contribution in [0.1, 0.15) is 11.1 Å². The topological polar surface area (TPSA) is 31.0 Å². The predicted octanol–water partition coefficient (Wildman–Crippen LogP) is 1.57. The third-order valence-electron chi connectivity index (χ3n) is 3.28. The van der Waals surface area contributed by atoms with E-state index < -0.39 is 0 Å². The summed E-state index contributed by atoms with van der Waals surface area (Å²) < 4.78 is 16.3. The van der Waals surface area contributed by atoms with E-state index in [0.29, 0.717) is 12.2 Å². The number of benzene rings is 1. The molecule has 1 saturated heterocycles. The summed E-state index contributed by atoms with van der Waals surface area (Å²) in [5.41, 5.74) is 2.52. The Kier molecular flexibility index (Phi) is 1.89. The Morgan fingerprint density at radius 2 is 1.47 bits per heavy atom. The van der Waals surface area contributed by atoms with Crippen LogP contribution in [-0.4, -0.2) is 26.4 Å². The molecule has 1 fully saturated rings. The van der Waals surface area contributed by atoms with Gasteiger partial charge >= 0.3 is 0 Å². The van der Waals surface area contributed by atoms with Gasteiger partial charge in [-0.1, -0.05) is 0 Å². The molecule has 0 bridgehead atoms. The Morgan fingerprint density at radius 1 is 1.00 bits per heavy atom. The molecule has 0 amide bonds. The van der Waals surface area contributed by atoms with E-state index in [9.17, 15) is 0 Å². The molecule has 1 heterocycles. The summed E-state index contributed by atoms with van der Waals surface area (Å²) in [6, 6.07) is 3.95. The zero-order valence-corrected chi connectivity index (χ0v) is 8.95. The average molecular weight is 206 g/mol. The molecule has 15 heavy (non-hydrogen) atoms. The molecule has 2 atom stereocenters. The molecule has 0 saturated carbocycles. The summed E-state index contributed by atoms with van der Waals surface area (Å²) in [5.74, 6) is 1.92. The summed E-state index contributed by atoms with van der Waals surface area (Å²) in [4.78, 5) is 0. The first-order chi connectivity index (χ1) is 7.33. The van der Waals surface area contributed by atoms with Crippen molar-refractivity contribution in [2.45, 2.75) is 25.0 Å². The Labute approximate surface area is 89.0 Å². The number of ether oxygens (including phenoxy) is 3. The lowest BCUT2D eigenvalue weighted by molar-refractivity contribution is 0.371. The first-order valence-electron chi connectivity index (χ1n) is 5.21. The standard InChI is InChI=1S/C12H14O3/c1-13-9-3-4-10(14-2)8-6-12-11(15-12)5-7(8)9/h3-4,11-12H,5-6H2,1-2H3. The first kappa shape index (κ1) is 9.04. The van der Waals surface area contributed by atoms with E-state index in [2.05, 4.69) is 0 Å². The smallest absolute Gasteiger partial charge is 0.122 e. The van der Waals surface area contributed by atoms with Crippen LogP contribution in [-0.2, 0) is 17.6 Å². The molecule has 0 N–H and O–H groups in total. The minimum Gasteiger partial charge on any atom is -0.496 e. The fourth-order valence-electron chi connectivity index (χ4n) is 2.42. The summed E-state index contributed by atoms with van der Waals surface area (Å²) in [6.45, 7) is 0. The third-order valence-corrected chi connectivity index (χ3v) is 3.28. The highest BCUT2D eigenvalue weighted by atomic mass is 16.6. The predicted molar refractivity (Wildman–Crippen MR) is 55.6 cm³/mol. The third kappa shape index (κ3) is 1.30. The van der Waals surface area contributed by atoms with Crippen molar-refractivity contribution >= 4 is 0 Å². The van der Waals surface area contributed by atoms with Gasteiger partial charge in [0, 0.05) is 24.0 Å². The minimum absolute atomic E-state index is 0.415. The molecular formula is C12H14O3. The number of hydrogen-bond donors (Lipinski definition) is 0. The summed E-state index contributed by atoms with van der Waals surface area (Å²) >= 11 is 0. The maximum absolute atomic E-state index is 5.55. The van der Waals surface area contributed by atoms with Crippen LogP contribution in [0.15, 0.2) is 12.1 Å².